The first-order valence-electron chi connectivity index (χ1n) is 9.31. The Labute approximate surface area is 164 Å². The highest BCUT2D eigenvalue weighted by Gasteiger charge is 2.26. The minimum absolute atomic E-state index is 0.0923. The molecule has 0 aliphatic carbocycles. The highest BCUT2D eigenvalue weighted by Crippen LogP contribution is 2.30. The third-order valence-corrected chi connectivity index (χ3v) is 5.99. The molecule has 1 aliphatic rings. The Balaban J connectivity index is 1.64. The Morgan fingerprint density at radius 1 is 1.44 bits per heavy atom. The number of aromatic nitrogens is 1. The molecule has 2 aromatic heterocycles. The van der Waals surface area contributed by atoms with Crippen LogP contribution in [0.2, 0.25) is 0 Å². The lowest BCUT2D eigenvalue weighted by Crippen LogP contribution is -2.36. The fourth-order valence-corrected chi connectivity index (χ4v) is 4.46. The Hall–Kier alpha value is -1.80. The summed E-state index contributed by atoms with van der Waals surface area (Å²) in [4.78, 5) is 22.3. The van der Waals surface area contributed by atoms with Crippen molar-refractivity contribution in [2.75, 3.05) is 26.7 Å². The number of nitrogens with zero attached hydrogens (tertiary/aromatic N) is 3. The van der Waals surface area contributed by atoms with Gasteiger partial charge in [0, 0.05) is 49.7 Å². The quantitative estimate of drug-likeness (QED) is 0.754. The average molecular weight is 390 g/mol. The van der Waals surface area contributed by atoms with E-state index in [2.05, 4.69) is 28.9 Å². The molecule has 0 saturated heterocycles. The van der Waals surface area contributed by atoms with Crippen LogP contribution in [0.25, 0.3) is 0 Å². The van der Waals surface area contributed by atoms with Crippen LogP contribution in [-0.4, -0.2) is 63.8 Å². The van der Waals surface area contributed by atoms with Crippen LogP contribution in [-0.2, 0) is 25.9 Å². The molecule has 0 radical (unpaired) electrons. The van der Waals surface area contributed by atoms with E-state index in [0.29, 0.717) is 0 Å². The minimum atomic E-state index is -0.907. The van der Waals surface area contributed by atoms with Crippen molar-refractivity contribution in [3.05, 3.63) is 51.0 Å². The molecule has 3 heterocycles. The SMILES string of the molecule is CCc1ccc(CN2CCc3c(C(=O)N(C)CC(O)CO)csc3C2)nc1. The molecule has 0 fully saturated rings. The van der Waals surface area contributed by atoms with Gasteiger partial charge in [-0.1, -0.05) is 13.0 Å². The number of thiophene rings is 1. The molecule has 2 N–H and O–H groups in total. The largest absolute Gasteiger partial charge is 0.394 e. The number of hydrogen-bond acceptors (Lipinski definition) is 6. The summed E-state index contributed by atoms with van der Waals surface area (Å²) in [6.45, 7) is 4.44. The van der Waals surface area contributed by atoms with Gasteiger partial charge >= 0.3 is 0 Å². The van der Waals surface area contributed by atoms with Crippen LogP contribution in [0.3, 0.4) is 0 Å². The van der Waals surface area contributed by atoms with E-state index in [1.165, 1.54) is 15.3 Å². The molecule has 0 saturated carbocycles. The fraction of sp³-hybridized carbons (Fsp3) is 0.500. The number of fused-ring (bicyclic) bond motifs is 1. The summed E-state index contributed by atoms with van der Waals surface area (Å²) in [7, 11) is 1.66. The van der Waals surface area contributed by atoms with Crippen molar-refractivity contribution in [2.24, 2.45) is 0 Å². The zero-order chi connectivity index (χ0) is 19.4. The lowest BCUT2D eigenvalue weighted by atomic mass is 10.0. The summed E-state index contributed by atoms with van der Waals surface area (Å²) < 4.78 is 0. The van der Waals surface area contributed by atoms with Gasteiger partial charge < -0.3 is 15.1 Å². The zero-order valence-electron chi connectivity index (χ0n) is 15.9. The fourth-order valence-electron chi connectivity index (χ4n) is 3.35. The number of likely N-dealkylation sites (N-methyl/N-ethyl adjacent to an activating group) is 1. The van der Waals surface area contributed by atoms with Crippen molar-refractivity contribution in [3.8, 4) is 0 Å². The molecule has 0 spiro atoms. The molecule has 1 atom stereocenters. The lowest BCUT2D eigenvalue weighted by molar-refractivity contribution is 0.0519. The monoisotopic (exact) mass is 389 g/mol. The summed E-state index contributed by atoms with van der Waals surface area (Å²) in [5, 5.41) is 20.5. The molecule has 146 valence electrons. The van der Waals surface area contributed by atoms with E-state index in [-0.39, 0.29) is 19.1 Å². The van der Waals surface area contributed by atoms with Crippen LogP contribution in [0.4, 0.5) is 0 Å². The Bertz CT molecular complexity index is 775. The molecule has 7 heteroatoms. The van der Waals surface area contributed by atoms with E-state index in [0.717, 1.165) is 49.3 Å². The van der Waals surface area contributed by atoms with Crippen LogP contribution in [0, 0.1) is 0 Å². The number of aliphatic hydroxyl groups excluding tert-OH is 2. The second-order valence-corrected chi connectivity index (χ2v) is 8.01. The molecule has 1 unspecified atom stereocenters. The van der Waals surface area contributed by atoms with E-state index >= 15 is 0 Å². The predicted molar refractivity (Wildman–Crippen MR) is 106 cm³/mol. The summed E-state index contributed by atoms with van der Waals surface area (Å²) in [5.74, 6) is -0.0923. The second kappa shape index (κ2) is 8.93. The topological polar surface area (TPSA) is 76.9 Å². The first-order chi connectivity index (χ1) is 13.0. The normalized spacial score (nSPS) is 15.4. The standard InChI is InChI=1S/C20H27N3O3S/c1-3-14-4-5-15(21-8-14)9-23-7-6-17-18(13-27-19(17)11-23)20(26)22(2)10-16(25)12-24/h4-5,8,13,16,24-25H,3,6-7,9-12H2,1-2H3. The number of carbonyl (C=O) groups is 1. The van der Waals surface area contributed by atoms with E-state index in [1.807, 2.05) is 11.6 Å². The van der Waals surface area contributed by atoms with Gasteiger partial charge in [-0.2, -0.15) is 0 Å². The van der Waals surface area contributed by atoms with Crippen molar-refractivity contribution < 1.29 is 15.0 Å². The van der Waals surface area contributed by atoms with Gasteiger partial charge in [-0.05, 0) is 30.0 Å². The maximum atomic E-state index is 12.7. The number of pyridine rings is 1. The smallest absolute Gasteiger partial charge is 0.254 e. The first-order valence-corrected chi connectivity index (χ1v) is 10.2. The lowest BCUT2D eigenvalue weighted by Gasteiger charge is -2.27. The third kappa shape index (κ3) is 4.73. The zero-order valence-corrected chi connectivity index (χ0v) is 16.7. The van der Waals surface area contributed by atoms with E-state index in [4.69, 9.17) is 5.11 Å². The number of amides is 1. The molecule has 27 heavy (non-hydrogen) atoms. The number of aliphatic hydroxyl groups is 2. The van der Waals surface area contributed by atoms with Crippen LogP contribution < -0.4 is 0 Å². The van der Waals surface area contributed by atoms with Crippen molar-refractivity contribution in [2.45, 2.75) is 39.0 Å². The Kier molecular flexibility index (Phi) is 6.59. The number of hydrogen-bond donors (Lipinski definition) is 2. The number of rotatable bonds is 7. The van der Waals surface area contributed by atoms with Gasteiger partial charge in [0.1, 0.15) is 0 Å². The van der Waals surface area contributed by atoms with Crippen molar-refractivity contribution in [3.63, 3.8) is 0 Å². The van der Waals surface area contributed by atoms with Gasteiger partial charge in [0.2, 0.25) is 0 Å². The second-order valence-electron chi connectivity index (χ2n) is 7.05. The molecule has 0 aromatic carbocycles. The summed E-state index contributed by atoms with van der Waals surface area (Å²) in [6, 6.07) is 4.23. The van der Waals surface area contributed by atoms with Crippen LogP contribution >= 0.6 is 11.3 Å². The van der Waals surface area contributed by atoms with Gasteiger partial charge in [-0.15, -0.1) is 11.3 Å². The molecule has 2 aromatic rings. The van der Waals surface area contributed by atoms with E-state index < -0.39 is 6.10 Å². The molecule has 1 amide bonds. The summed E-state index contributed by atoms with van der Waals surface area (Å²) in [5.41, 5.74) is 4.17. The maximum Gasteiger partial charge on any atom is 0.254 e. The van der Waals surface area contributed by atoms with Crippen LogP contribution in [0.1, 0.15) is 39.0 Å². The minimum Gasteiger partial charge on any atom is -0.394 e. The van der Waals surface area contributed by atoms with Gasteiger partial charge in [0.25, 0.3) is 5.91 Å². The number of aryl methyl sites for hydroxylation is 1. The molecular weight excluding hydrogens is 362 g/mol. The molecule has 0 bridgehead atoms. The van der Waals surface area contributed by atoms with Crippen LogP contribution in [0.5, 0.6) is 0 Å². The van der Waals surface area contributed by atoms with Crippen molar-refractivity contribution in [1.29, 1.82) is 0 Å². The molecule has 6 nitrogen and oxygen atoms in total. The van der Waals surface area contributed by atoms with Crippen molar-refractivity contribution in [1.82, 2.24) is 14.8 Å². The van der Waals surface area contributed by atoms with Crippen molar-refractivity contribution >= 4 is 17.2 Å². The van der Waals surface area contributed by atoms with Crippen LogP contribution in [0.15, 0.2) is 23.7 Å². The Morgan fingerprint density at radius 3 is 2.93 bits per heavy atom. The maximum absolute atomic E-state index is 12.7. The van der Waals surface area contributed by atoms with Gasteiger partial charge in [0.15, 0.2) is 0 Å². The molecule has 3 rings (SSSR count). The molecule has 1 aliphatic heterocycles. The molecular formula is C20H27N3O3S. The van der Waals surface area contributed by atoms with Gasteiger partial charge in [0.05, 0.1) is 24.0 Å². The third-order valence-electron chi connectivity index (χ3n) is 4.98. The van der Waals surface area contributed by atoms with Gasteiger partial charge in [-0.25, -0.2) is 0 Å². The highest BCUT2D eigenvalue weighted by atomic mass is 32.1. The average Bonchev–Trinajstić information content (AvgIpc) is 3.11. The van der Waals surface area contributed by atoms with Gasteiger partial charge in [-0.3, -0.25) is 14.7 Å². The van der Waals surface area contributed by atoms with E-state index in [9.17, 15) is 9.90 Å². The number of carbonyl (C=O) groups excluding carboxylic acids is 1. The highest BCUT2D eigenvalue weighted by molar-refractivity contribution is 7.10. The summed E-state index contributed by atoms with van der Waals surface area (Å²) >= 11 is 1.62. The summed E-state index contributed by atoms with van der Waals surface area (Å²) in [6.07, 6.45) is 2.87. The first kappa shape index (κ1) is 19.9. The Morgan fingerprint density at radius 2 is 2.26 bits per heavy atom. The van der Waals surface area contributed by atoms with E-state index in [1.54, 1.807) is 18.4 Å². The predicted octanol–water partition coefficient (Wildman–Crippen LogP) is 1.69.